The van der Waals surface area contributed by atoms with E-state index in [4.69, 9.17) is 44.7 Å². The first-order valence-electron chi connectivity index (χ1n) is 15.4. The number of hydrogen-bond donors (Lipinski definition) is 3. The van der Waals surface area contributed by atoms with Gasteiger partial charge in [-0.3, -0.25) is 5.41 Å². The quantitative estimate of drug-likeness (QED) is 0.0708. The molecule has 0 heterocycles. The summed E-state index contributed by atoms with van der Waals surface area (Å²) in [7, 11) is 0. The van der Waals surface area contributed by atoms with E-state index in [1.54, 1.807) is 0 Å². The van der Waals surface area contributed by atoms with Gasteiger partial charge in [0.25, 0.3) is 0 Å². The maximum absolute atomic E-state index is 8.60. The Labute approximate surface area is 252 Å². The number of nitrogens with one attached hydrogen (secondary N) is 1. The summed E-state index contributed by atoms with van der Waals surface area (Å²) in [6, 6.07) is 15.7. The number of nitrogen functional groups attached to an aromatic ring is 1. The van der Waals surface area contributed by atoms with Gasteiger partial charge in [0.15, 0.2) is 0 Å². The van der Waals surface area contributed by atoms with Crippen molar-refractivity contribution in [3.63, 3.8) is 0 Å². The molecule has 0 fully saturated rings. The lowest BCUT2D eigenvalue weighted by Gasteiger charge is -2.09. The van der Waals surface area contributed by atoms with Crippen molar-refractivity contribution in [1.82, 2.24) is 0 Å². The monoisotopic (exact) mass is 588 g/mol. The Bertz CT molecular complexity index is 910. The second kappa shape index (κ2) is 24.9. The molecule has 0 radical (unpaired) electrons. The Morgan fingerprint density at radius 1 is 0.524 bits per heavy atom. The summed E-state index contributed by atoms with van der Waals surface area (Å²) in [5, 5.41) is 16.0. The summed E-state index contributed by atoms with van der Waals surface area (Å²) in [5.74, 6) is 1.83. The highest BCUT2D eigenvalue weighted by Crippen LogP contribution is 2.15. The van der Waals surface area contributed by atoms with Gasteiger partial charge in [0.1, 0.15) is 17.3 Å². The molecule has 0 unspecified atom stereocenters. The van der Waals surface area contributed by atoms with E-state index in [9.17, 15) is 0 Å². The Hall–Kier alpha value is -2.69. The number of ether oxygens (including phenoxy) is 6. The molecule has 0 aliphatic rings. The van der Waals surface area contributed by atoms with Gasteiger partial charge in [0.2, 0.25) is 0 Å². The maximum Gasteiger partial charge on any atom is 0.122 e. The molecule has 2 rings (SSSR count). The Morgan fingerprint density at radius 2 is 0.929 bits per heavy atom. The lowest BCUT2D eigenvalue weighted by atomic mass is 10.1. The van der Waals surface area contributed by atoms with Crippen LogP contribution in [0.3, 0.4) is 0 Å². The molecule has 0 atom stereocenters. The molecule has 0 aromatic heterocycles. The van der Waals surface area contributed by atoms with E-state index in [0.29, 0.717) is 52.9 Å². The van der Waals surface area contributed by atoms with Gasteiger partial charge in [-0.05, 0) is 61.2 Å². The van der Waals surface area contributed by atoms with E-state index in [1.807, 2.05) is 36.4 Å². The molecule has 2 aromatic carbocycles. The molecule has 42 heavy (non-hydrogen) atoms. The molecule has 0 saturated heterocycles. The fourth-order valence-electron chi connectivity index (χ4n) is 4.14. The second-order valence-corrected chi connectivity index (χ2v) is 10.0. The minimum atomic E-state index is 0.0353. The van der Waals surface area contributed by atoms with Crippen molar-refractivity contribution in [2.75, 3.05) is 72.7 Å². The minimum Gasteiger partial charge on any atom is -0.494 e. The van der Waals surface area contributed by atoms with Crippen LogP contribution in [0.4, 0.5) is 0 Å². The summed E-state index contributed by atoms with van der Waals surface area (Å²) in [6.07, 6.45) is 10.4. The molecule has 0 aliphatic carbocycles. The van der Waals surface area contributed by atoms with Gasteiger partial charge in [0, 0.05) is 5.56 Å². The Balaban J connectivity index is 1.32. The highest BCUT2D eigenvalue weighted by atomic mass is 16.6. The molecule has 4 N–H and O–H groups in total. The van der Waals surface area contributed by atoms with Gasteiger partial charge in [-0.2, -0.15) is 0 Å². The number of aliphatic hydroxyl groups excluding tert-OH is 1. The average molecular weight is 589 g/mol. The maximum atomic E-state index is 8.60. The largest absolute Gasteiger partial charge is 0.494 e. The lowest BCUT2D eigenvalue weighted by molar-refractivity contribution is -0.00522. The summed E-state index contributed by atoms with van der Waals surface area (Å²) in [5.41, 5.74) is 7.42. The predicted octanol–water partition coefficient (Wildman–Crippen LogP) is 5.15. The fraction of sp³-hybridized carbons (Fsp3) is 0.606. The topological polar surface area (TPSA) is 125 Å². The number of nitrogens with two attached hydrogens (primary N) is 1. The van der Waals surface area contributed by atoms with Crippen LogP contribution in [0.1, 0.15) is 62.5 Å². The number of hydrogen-bond acceptors (Lipinski definition) is 8. The van der Waals surface area contributed by atoms with Crippen molar-refractivity contribution in [2.45, 2.75) is 57.8 Å². The number of amidine groups is 1. The smallest absolute Gasteiger partial charge is 0.122 e. The van der Waals surface area contributed by atoms with E-state index in [-0.39, 0.29) is 12.4 Å². The zero-order chi connectivity index (χ0) is 29.9. The second-order valence-electron chi connectivity index (χ2n) is 10.0. The molecule has 0 bridgehead atoms. The summed E-state index contributed by atoms with van der Waals surface area (Å²) >= 11 is 0. The van der Waals surface area contributed by atoms with Crippen LogP contribution in [0.25, 0.3) is 0 Å². The van der Waals surface area contributed by atoms with Crippen LogP contribution in [0.2, 0.25) is 0 Å². The van der Waals surface area contributed by atoms with Crippen molar-refractivity contribution < 1.29 is 33.5 Å². The molecular formula is C33H52N2O7. The highest BCUT2D eigenvalue weighted by molar-refractivity contribution is 5.94. The number of aliphatic hydroxyl groups is 1. The lowest BCUT2D eigenvalue weighted by Crippen LogP contribution is -2.13. The third kappa shape index (κ3) is 18.7. The van der Waals surface area contributed by atoms with Crippen LogP contribution in [0.15, 0.2) is 48.5 Å². The molecule has 2 aromatic rings. The van der Waals surface area contributed by atoms with E-state index in [1.165, 1.54) is 44.1 Å². The molecule has 0 saturated carbocycles. The van der Waals surface area contributed by atoms with E-state index in [0.717, 1.165) is 49.5 Å². The van der Waals surface area contributed by atoms with Crippen molar-refractivity contribution >= 4 is 5.84 Å². The van der Waals surface area contributed by atoms with Crippen LogP contribution in [-0.4, -0.2) is 83.6 Å². The third-order valence-corrected chi connectivity index (χ3v) is 6.55. The minimum absolute atomic E-state index is 0.0353. The summed E-state index contributed by atoms with van der Waals surface area (Å²) in [6.45, 7) is 5.69. The third-order valence-electron chi connectivity index (χ3n) is 6.55. The highest BCUT2D eigenvalue weighted by Gasteiger charge is 2.00. The first-order valence-corrected chi connectivity index (χ1v) is 15.4. The standard InChI is InChI=1S/C33H52N2O7/c34-33(35)30-11-15-32(16-12-30)42-20-8-6-4-2-1-3-5-7-19-41-31-13-9-29(10-14-31)17-21-37-23-25-39-27-28-40-26-24-38-22-18-36/h9-16,36H,1-8,17-28H2,(H3,34,35). The molecule has 9 nitrogen and oxygen atoms in total. The van der Waals surface area contributed by atoms with Crippen LogP contribution in [0, 0.1) is 5.41 Å². The number of rotatable bonds is 28. The fourth-order valence-corrected chi connectivity index (χ4v) is 4.14. The van der Waals surface area contributed by atoms with Crippen molar-refractivity contribution in [2.24, 2.45) is 5.73 Å². The predicted molar refractivity (Wildman–Crippen MR) is 166 cm³/mol. The molecule has 236 valence electrons. The van der Waals surface area contributed by atoms with Crippen molar-refractivity contribution in [3.05, 3.63) is 59.7 Å². The van der Waals surface area contributed by atoms with E-state index >= 15 is 0 Å². The SMILES string of the molecule is N=C(N)c1ccc(OCCCCCCCCCCOc2ccc(CCOCCOCCOCCOCCO)cc2)cc1. The molecule has 0 spiro atoms. The zero-order valence-electron chi connectivity index (χ0n) is 25.2. The number of benzene rings is 2. The van der Waals surface area contributed by atoms with Gasteiger partial charge in [-0.15, -0.1) is 0 Å². The van der Waals surface area contributed by atoms with E-state index < -0.39 is 0 Å². The Kier molecular flexibility index (Phi) is 21.0. The zero-order valence-corrected chi connectivity index (χ0v) is 25.2. The number of unbranched alkanes of at least 4 members (excludes halogenated alkanes) is 7. The average Bonchev–Trinajstić information content (AvgIpc) is 3.01. The van der Waals surface area contributed by atoms with Gasteiger partial charge in [0.05, 0.1) is 72.7 Å². The van der Waals surface area contributed by atoms with Crippen LogP contribution in [-0.2, 0) is 25.4 Å². The van der Waals surface area contributed by atoms with Crippen molar-refractivity contribution in [3.8, 4) is 11.5 Å². The summed E-state index contributed by atoms with van der Waals surface area (Å²) in [4.78, 5) is 0. The molecule has 0 amide bonds. The summed E-state index contributed by atoms with van der Waals surface area (Å²) < 4.78 is 33.3. The van der Waals surface area contributed by atoms with E-state index in [2.05, 4.69) is 12.1 Å². The van der Waals surface area contributed by atoms with Crippen molar-refractivity contribution in [1.29, 1.82) is 5.41 Å². The van der Waals surface area contributed by atoms with Gasteiger partial charge in [-0.1, -0.05) is 50.7 Å². The van der Waals surface area contributed by atoms with Gasteiger partial charge < -0.3 is 39.3 Å². The molecular weight excluding hydrogens is 536 g/mol. The molecule has 9 heteroatoms. The van der Waals surface area contributed by atoms with Gasteiger partial charge >= 0.3 is 0 Å². The first kappa shape index (κ1) is 35.5. The molecule has 0 aliphatic heterocycles. The van der Waals surface area contributed by atoms with Crippen LogP contribution >= 0.6 is 0 Å². The van der Waals surface area contributed by atoms with Gasteiger partial charge in [-0.25, -0.2) is 0 Å². The Morgan fingerprint density at radius 3 is 1.38 bits per heavy atom. The van der Waals surface area contributed by atoms with Crippen LogP contribution in [0.5, 0.6) is 11.5 Å². The normalized spacial score (nSPS) is 11.1. The first-order chi connectivity index (χ1) is 20.7. The van der Waals surface area contributed by atoms with Crippen LogP contribution < -0.4 is 15.2 Å².